The Bertz CT molecular complexity index is 500. The Morgan fingerprint density at radius 3 is 2.76 bits per heavy atom. The molecule has 0 amide bonds. The van der Waals surface area contributed by atoms with E-state index in [-0.39, 0.29) is 0 Å². The highest BCUT2D eigenvalue weighted by Gasteiger charge is 2.03. The SMILES string of the molecule is CCCC=Cc1cc(C)cnc1-n1cnnc1. The summed E-state index contributed by atoms with van der Waals surface area (Å²) in [5.74, 6) is 0.868. The molecule has 0 aromatic carbocycles. The summed E-state index contributed by atoms with van der Waals surface area (Å²) in [6.45, 7) is 4.21. The Kier molecular flexibility index (Phi) is 3.65. The van der Waals surface area contributed by atoms with Crippen LogP contribution in [0, 0.1) is 6.92 Å². The normalized spacial score (nSPS) is 11.2. The van der Waals surface area contributed by atoms with E-state index in [0.29, 0.717) is 0 Å². The van der Waals surface area contributed by atoms with E-state index in [1.54, 1.807) is 12.7 Å². The maximum absolute atomic E-state index is 4.43. The summed E-state index contributed by atoms with van der Waals surface area (Å²) < 4.78 is 1.82. The molecule has 0 radical (unpaired) electrons. The molecule has 88 valence electrons. The van der Waals surface area contributed by atoms with Crippen LogP contribution in [0.25, 0.3) is 11.9 Å². The topological polar surface area (TPSA) is 43.6 Å². The third-order valence-corrected chi connectivity index (χ3v) is 2.45. The lowest BCUT2D eigenvalue weighted by Crippen LogP contribution is -1.98. The number of aryl methyl sites for hydroxylation is 1. The standard InChI is InChI=1S/C13H16N4/c1-3-4-5-6-12-7-11(2)8-14-13(12)17-9-15-16-10-17/h5-10H,3-4H2,1-2H3. The van der Waals surface area contributed by atoms with E-state index in [2.05, 4.69) is 40.3 Å². The van der Waals surface area contributed by atoms with Crippen molar-refractivity contribution in [2.45, 2.75) is 26.7 Å². The van der Waals surface area contributed by atoms with Crippen LogP contribution in [0.4, 0.5) is 0 Å². The molecule has 2 rings (SSSR count). The first-order valence-electron chi connectivity index (χ1n) is 5.79. The first-order valence-corrected chi connectivity index (χ1v) is 5.79. The second-order valence-electron chi connectivity index (χ2n) is 3.99. The second kappa shape index (κ2) is 5.39. The highest BCUT2D eigenvalue weighted by Crippen LogP contribution is 2.15. The van der Waals surface area contributed by atoms with Gasteiger partial charge in [0.1, 0.15) is 18.5 Å². The predicted molar refractivity (Wildman–Crippen MR) is 67.8 cm³/mol. The molecule has 2 heterocycles. The molecule has 0 aliphatic heterocycles. The van der Waals surface area contributed by atoms with Gasteiger partial charge in [0.15, 0.2) is 0 Å². The van der Waals surface area contributed by atoms with E-state index in [0.717, 1.165) is 29.8 Å². The van der Waals surface area contributed by atoms with Crippen LogP contribution in [-0.4, -0.2) is 19.7 Å². The molecular weight excluding hydrogens is 212 g/mol. The lowest BCUT2D eigenvalue weighted by molar-refractivity contribution is 0.959. The fourth-order valence-electron chi connectivity index (χ4n) is 1.61. The van der Waals surface area contributed by atoms with Crippen LogP contribution in [0.3, 0.4) is 0 Å². The Balaban J connectivity index is 2.38. The molecule has 0 saturated heterocycles. The number of pyridine rings is 1. The lowest BCUT2D eigenvalue weighted by atomic mass is 10.1. The van der Waals surface area contributed by atoms with Gasteiger partial charge >= 0.3 is 0 Å². The molecule has 0 bridgehead atoms. The molecule has 0 saturated carbocycles. The van der Waals surface area contributed by atoms with Crippen LogP contribution in [0.1, 0.15) is 30.9 Å². The molecule has 2 aromatic rings. The third kappa shape index (κ3) is 2.78. The minimum absolute atomic E-state index is 0.868. The summed E-state index contributed by atoms with van der Waals surface area (Å²) >= 11 is 0. The molecule has 0 unspecified atom stereocenters. The number of hydrogen-bond donors (Lipinski definition) is 0. The van der Waals surface area contributed by atoms with Crippen LogP contribution in [0.2, 0.25) is 0 Å². The minimum atomic E-state index is 0.868. The molecule has 0 aliphatic rings. The molecule has 0 atom stereocenters. The van der Waals surface area contributed by atoms with Crippen molar-refractivity contribution < 1.29 is 0 Å². The maximum Gasteiger partial charge on any atom is 0.146 e. The third-order valence-electron chi connectivity index (χ3n) is 2.45. The van der Waals surface area contributed by atoms with Gasteiger partial charge in [0.2, 0.25) is 0 Å². The number of nitrogens with zero attached hydrogens (tertiary/aromatic N) is 4. The van der Waals surface area contributed by atoms with Gasteiger partial charge in [-0.3, -0.25) is 4.57 Å². The number of hydrogen-bond acceptors (Lipinski definition) is 3. The molecule has 17 heavy (non-hydrogen) atoms. The highest BCUT2D eigenvalue weighted by atomic mass is 15.2. The highest BCUT2D eigenvalue weighted by molar-refractivity contribution is 5.58. The number of allylic oxidation sites excluding steroid dienone is 1. The summed E-state index contributed by atoms with van der Waals surface area (Å²) in [7, 11) is 0. The van der Waals surface area contributed by atoms with Gasteiger partial charge < -0.3 is 0 Å². The molecule has 0 aliphatic carbocycles. The Morgan fingerprint density at radius 1 is 1.29 bits per heavy atom. The zero-order valence-corrected chi connectivity index (χ0v) is 10.2. The lowest BCUT2D eigenvalue weighted by Gasteiger charge is -2.05. The smallest absolute Gasteiger partial charge is 0.146 e. The van der Waals surface area contributed by atoms with E-state index in [9.17, 15) is 0 Å². The summed E-state index contributed by atoms with van der Waals surface area (Å²) in [5.41, 5.74) is 2.25. The van der Waals surface area contributed by atoms with Crippen molar-refractivity contribution in [1.82, 2.24) is 19.7 Å². The van der Waals surface area contributed by atoms with Gasteiger partial charge in [-0.25, -0.2) is 4.98 Å². The number of unbranched alkanes of at least 4 members (excludes halogenated alkanes) is 1. The van der Waals surface area contributed by atoms with E-state index in [4.69, 9.17) is 0 Å². The molecule has 0 fully saturated rings. The van der Waals surface area contributed by atoms with Crippen molar-refractivity contribution in [3.05, 3.63) is 42.1 Å². The van der Waals surface area contributed by atoms with Crippen LogP contribution < -0.4 is 0 Å². The summed E-state index contributed by atoms with van der Waals surface area (Å²) in [4.78, 5) is 4.43. The van der Waals surface area contributed by atoms with Gasteiger partial charge in [-0.2, -0.15) is 0 Å². The molecule has 4 nitrogen and oxygen atoms in total. The van der Waals surface area contributed by atoms with E-state index in [1.165, 1.54) is 0 Å². The van der Waals surface area contributed by atoms with Gasteiger partial charge in [0, 0.05) is 11.8 Å². The van der Waals surface area contributed by atoms with Gasteiger partial charge in [-0.1, -0.05) is 25.5 Å². The van der Waals surface area contributed by atoms with Crippen LogP contribution >= 0.6 is 0 Å². The van der Waals surface area contributed by atoms with E-state index < -0.39 is 0 Å². The largest absolute Gasteiger partial charge is 0.271 e. The summed E-state index contributed by atoms with van der Waals surface area (Å²) in [6.07, 6.45) is 11.7. The fourth-order valence-corrected chi connectivity index (χ4v) is 1.61. The summed E-state index contributed by atoms with van der Waals surface area (Å²) in [5, 5.41) is 7.61. The summed E-state index contributed by atoms with van der Waals surface area (Å²) in [6, 6.07) is 2.12. The van der Waals surface area contributed by atoms with Crippen LogP contribution in [0.15, 0.2) is 31.0 Å². The number of aromatic nitrogens is 4. The van der Waals surface area contributed by atoms with Gasteiger partial charge in [-0.15, -0.1) is 10.2 Å². The molecular formula is C13H16N4. The van der Waals surface area contributed by atoms with Crippen LogP contribution in [0.5, 0.6) is 0 Å². The zero-order valence-electron chi connectivity index (χ0n) is 10.2. The zero-order chi connectivity index (χ0) is 12.1. The Labute approximate surface area is 101 Å². The van der Waals surface area contributed by atoms with Crippen LogP contribution in [-0.2, 0) is 0 Å². The Morgan fingerprint density at radius 2 is 2.06 bits per heavy atom. The maximum atomic E-state index is 4.43. The van der Waals surface area contributed by atoms with Crippen molar-refractivity contribution in [2.24, 2.45) is 0 Å². The van der Waals surface area contributed by atoms with Crippen molar-refractivity contribution in [1.29, 1.82) is 0 Å². The van der Waals surface area contributed by atoms with Crippen molar-refractivity contribution in [3.8, 4) is 5.82 Å². The quantitative estimate of drug-likeness (QED) is 0.808. The van der Waals surface area contributed by atoms with Crippen molar-refractivity contribution >= 4 is 6.08 Å². The Hall–Kier alpha value is -1.97. The number of rotatable bonds is 4. The van der Waals surface area contributed by atoms with Gasteiger partial charge in [0.25, 0.3) is 0 Å². The molecule has 0 N–H and O–H groups in total. The average molecular weight is 228 g/mol. The minimum Gasteiger partial charge on any atom is -0.271 e. The molecule has 4 heteroatoms. The molecule has 2 aromatic heterocycles. The van der Waals surface area contributed by atoms with Crippen molar-refractivity contribution in [3.63, 3.8) is 0 Å². The second-order valence-corrected chi connectivity index (χ2v) is 3.99. The monoisotopic (exact) mass is 228 g/mol. The fraction of sp³-hybridized carbons (Fsp3) is 0.308. The van der Waals surface area contributed by atoms with E-state index >= 15 is 0 Å². The van der Waals surface area contributed by atoms with Crippen molar-refractivity contribution in [2.75, 3.05) is 0 Å². The van der Waals surface area contributed by atoms with E-state index in [1.807, 2.05) is 17.7 Å². The first-order chi connectivity index (χ1) is 8.31. The van der Waals surface area contributed by atoms with Gasteiger partial charge in [0.05, 0.1) is 0 Å². The average Bonchev–Trinajstić information content (AvgIpc) is 2.83. The predicted octanol–water partition coefficient (Wildman–Crippen LogP) is 2.78. The first kappa shape index (κ1) is 11.5. The van der Waals surface area contributed by atoms with Gasteiger partial charge in [-0.05, 0) is 25.0 Å². The molecule has 0 spiro atoms.